The van der Waals surface area contributed by atoms with Crippen LogP contribution >= 0.6 is 0 Å². The summed E-state index contributed by atoms with van der Waals surface area (Å²) in [6, 6.07) is 11.8. The molecule has 0 aliphatic rings. The van der Waals surface area contributed by atoms with E-state index in [9.17, 15) is 4.39 Å². The number of pyridine rings is 1. The number of hydrogen-bond donors (Lipinski definition) is 1. The number of halogens is 1. The number of anilines is 1. The molecule has 0 saturated carbocycles. The van der Waals surface area contributed by atoms with E-state index in [2.05, 4.69) is 10.3 Å². The van der Waals surface area contributed by atoms with Gasteiger partial charge in [-0.3, -0.25) is 0 Å². The highest BCUT2D eigenvalue weighted by atomic mass is 19.1. The van der Waals surface area contributed by atoms with Gasteiger partial charge in [0.15, 0.2) is 0 Å². The number of nitrogens with zero attached hydrogens (tertiary/aromatic N) is 2. The van der Waals surface area contributed by atoms with Crippen molar-refractivity contribution in [3.63, 3.8) is 0 Å². The molecule has 0 bridgehead atoms. The van der Waals surface area contributed by atoms with Crippen LogP contribution in [0.5, 0.6) is 0 Å². The van der Waals surface area contributed by atoms with Crippen molar-refractivity contribution in [3.8, 4) is 6.07 Å². The zero-order valence-electron chi connectivity index (χ0n) is 9.89. The molecule has 0 fully saturated rings. The van der Waals surface area contributed by atoms with Crippen molar-refractivity contribution in [1.82, 2.24) is 4.98 Å². The van der Waals surface area contributed by atoms with Gasteiger partial charge in [-0.25, -0.2) is 9.37 Å². The average Bonchev–Trinajstić information content (AvgIpc) is 2.39. The maximum absolute atomic E-state index is 13.6. The minimum Gasteiger partial charge on any atom is -0.378 e. The summed E-state index contributed by atoms with van der Waals surface area (Å²) in [5, 5.41) is 11.9. The molecule has 0 radical (unpaired) electrons. The molecule has 0 spiro atoms. The van der Waals surface area contributed by atoms with E-state index in [1.54, 1.807) is 36.5 Å². The second kappa shape index (κ2) is 5.28. The van der Waals surface area contributed by atoms with Crippen molar-refractivity contribution in [2.75, 3.05) is 5.32 Å². The lowest BCUT2D eigenvalue weighted by atomic mass is 10.1. The van der Waals surface area contributed by atoms with Crippen LogP contribution in [-0.2, 0) is 0 Å². The molecule has 0 aliphatic heterocycles. The first-order valence-corrected chi connectivity index (χ1v) is 5.58. The molecule has 0 amide bonds. The minimum absolute atomic E-state index is 0.180. The Bertz CT molecular complexity index is 590. The van der Waals surface area contributed by atoms with Crippen molar-refractivity contribution in [1.29, 1.82) is 5.26 Å². The molecule has 1 N–H and O–H groups in total. The fourth-order valence-electron chi connectivity index (χ4n) is 1.74. The standard InChI is InChI=1S/C14H12FN3/c1-10(13-4-2-3-5-14(13)15)18-11-6-7-17-12(8-11)9-16/h2-8,10H,1H3,(H,17,18). The van der Waals surface area contributed by atoms with Crippen LogP contribution in [0.15, 0.2) is 42.6 Å². The van der Waals surface area contributed by atoms with Crippen LogP contribution in [0, 0.1) is 17.1 Å². The topological polar surface area (TPSA) is 48.7 Å². The van der Waals surface area contributed by atoms with Gasteiger partial charge in [0.05, 0.1) is 6.04 Å². The van der Waals surface area contributed by atoms with Crippen LogP contribution in [0.2, 0.25) is 0 Å². The molecule has 1 heterocycles. The molecule has 0 aliphatic carbocycles. The highest BCUT2D eigenvalue weighted by Gasteiger charge is 2.10. The lowest BCUT2D eigenvalue weighted by Gasteiger charge is -2.16. The Labute approximate surface area is 105 Å². The average molecular weight is 241 g/mol. The van der Waals surface area contributed by atoms with Gasteiger partial charge in [-0.1, -0.05) is 18.2 Å². The fourth-order valence-corrected chi connectivity index (χ4v) is 1.74. The zero-order valence-corrected chi connectivity index (χ0v) is 9.89. The Kier molecular flexibility index (Phi) is 3.54. The Morgan fingerprint density at radius 2 is 2.11 bits per heavy atom. The van der Waals surface area contributed by atoms with Crippen LogP contribution in [0.3, 0.4) is 0 Å². The predicted molar refractivity (Wildman–Crippen MR) is 67.4 cm³/mol. The van der Waals surface area contributed by atoms with Crippen molar-refractivity contribution in [2.24, 2.45) is 0 Å². The van der Waals surface area contributed by atoms with Gasteiger partial charge in [0.25, 0.3) is 0 Å². The van der Waals surface area contributed by atoms with Gasteiger partial charge in [-0.15, -0.1) is 0 Å². The van der Waals surface area contributed by atoms with E-state index in [0.29, 0.717) is 11.3 Å². The van der Waals surface area contributed by atoms with Crippen LogP contribution in [0.1, 0.15) is 24.2 Å². The van der Waals surface area contributed by atoms with Crippen LogP contribution in [-0.4, -0.2) is 4.98 Å². The summed E-state index contributed by atoms with van der Waals surface area (Å²) >= 11 is 0. The molecule has 1 aromatic carbocycles. The third-order valence-electron chi connectivity index (χ3n) is 2.63. The highest BCUT2D eigenvalue weighted by molar-refractivity contribution is 5.47. The summed E-state index contributed by atoms with van der Waals surface area (Å²) in [4.78, 5) is 3.88. The van der Waals surface area contributed by atoms with Crippen LogP contribution < -0.4 is 5.32 Å². The Morgan fingerprint density at radius 1 is 1.33 bits per heavy atom. The van der Waals surface area contributed by atoms with E-state index in [4.69, 9.17) is 5.26 Å². The SMILES string of the molecule is CC(Nc1ccnc(C#N)c1)c1ccccc1F. The van der Waals surface area contributed by atoms with Crippen molar-refractivity contribution in [3.05, 3.63) is 59.7 Å². The third-order valence-corrected chi connectivity index (χ3v) is 2.63. The van der Waals surface area contributed by atoms with Crippen LogP contribution in [0.4, 0.5) is 10.1 Å². The molecule has 4 heteroatoms. The Hall–Kier alpha value is -2.41. The third kappa shape index (κ3) is 2.64. The van der Waals surface area contributed by atoms with Gasteiger partial charge >= 0.3 is 0 Å². The maximum Gasteiger partial charge on any atom is 0.142 e. The summed E-state index contributed by atoms with van der Waals surface area (Å²) in [6.07, 6.45) is 1.55. The van der Waals surface area contributed by atoms with Crippen LogP contribution in [0.25, 0.3) is 0 Å². The van der Waals surface area contributed by atoms with E-state index in [-0.39, 0.29) is 11.9 Å². The summed E-state index contributed by atoms with van der Waals surface area (Å²) in [7, 11) is 0. The molecule has 1 aromatic heterocycles. The quantitative estimate of drug-likeness (QED) is 0.897. The Balaban J connectivity index is 2.19. The number of hydrogen-bond acceptors (Lipinski definition) is 3. The summed E-state index contributed by atoms with van der Waals surface area (Å²) in [6.45, 7) is 1.87. The van der Waals surface area contributed by atoms with Crippen molar-refractivity contribution < 1.29 is 4.39 Å². The van der Waals surface area contributed by atoms with Crippen molar-refractivity contribution in [2.45, 2.75) is 13.0 Å². The molecule has 1 unspecified atom stereocenters. The lowest BCUT2D eigenvalue weighted by Crippen LogP contribution is -2.08. The van der Waals surface area contributed by atoms with Gasteiger partial charge < -0.3 is 5.32 Å². The van der Waals surface area contributed by atoms with E-state index in [0.717, 1.165) is 5.69 Å². The smallest absolute Gasteiger partial charge is 0.142 e. The number of nitriles is 1. The van der Waals surface area contributed by atoms with E-state index >= 15 is 0 Å². The molecule has 3 nitrogen and oxygen atoms in total. The van der Waals surface area contributed by atoms with Gasteiger partial charge in [-0.2, -0.15) is 5.26 Å². The normalized spacial score (nSPS) is 11.6. The molecule has 0 saturated heterocycles. The lowest BCUT2D eigenvalue weighted by molar-refractivity contribution is 0.600. The summed E-state index contributed by atoms with van der Waals surface area (Å²) in [5.41, 5.74) is 1.67. The summed E-state index contributed by atoms with van der Waals surface area (Å²) < 4.78 is 13.6. The number of benzene rings is 1. The molecule has 90 valence electrons. The molecule has 1 atom stereocenters. The van der Waals surface area contributed by atoms with Gasteiger partial charge in [0.1, 0.15) is 17.6 Å². The second-order valence-corrected chi connectivity index (χ2v) is 3.93. The molecular weight excluding hydrogens is 229 g/mol. The number of nitrogens with one attached hydrogen (secondary N) is 1. The molecule has 2 aromatic rings. The fraction of sp³-hybridized carbons (Fsp3) is 0.143. The second-order valence-electron chi connectivity index (χ2n) is 3.93. The molecule has 18 heavy (non-hydrogen) atoms. The minimum atomic E-state index is -0.243. The largest absolute Gasteiger partial charge is 0.378 e. The predicted octanol–water partition coefficient (Wildman–Crippen LogP) is 3.27. The monoisotopic (exact) mass is 241 g/mol. The van der Waals surface area contributed by atoms with Gasteiger partial charge in [0.2, 0.25) is 0 Å². The Morgan fingerprint density at radius 3 is 2.83 bits per heavy atom. The first-order valence-electron chi connectivity index (χ1n) is 5.58. The molecule has 2 rings (SSSR count). The summed E-state index contributed by atoms with van der Waals surface area (Å²) in [5.74, 6) is -0.243. The first kappa shape index (κ1) is 12.1. The molecular formula is C14H12FN3. The first-order chi connectivity index (χ1) is 8.70. The number of aromatic nitrogens is 1. The highest BCUT2D eigenvalue weighted by Crippen LogP contribution is 2.21. The van der Waals surface area contributed by atoms with E-state index < -0.39 is 0 Å². The van der Waals surface area contributed by atoms with Gasteiger partial charge in [0, 0.05) is 17.4 Å². The maximum atomic E-state index is 13.6. The number of rotatable bonds is 3. The van der Waals surface area contributed by atoms with E-state index in [1.165, 1.54) is 6.07 Å². The van der Waals surface area contributed by atoms with Gasteiger partial charge in [-0.05, 0) is 25.1 Å². The van der Waals surface area contributed by atoms with E-state index in [1.807, 2.05) is 13.0 Å². The van der Waals surface area contributed by atoms with Crippen molar-refractivity contribution >= 4 is 5.69 Å². The zero-order chi connectivity index (χ0) is 13.0.